The SMILES string of the molecule is CCN1CCC(c2cc3c(c(N4CCCc5cc(-c6cnn(C)c6)c(C(F)F)cc54)c2)CNCCC3)CC1=O. The van der Waals surface area contributed by atoms with Crippen LogP contribution < -0.4 is 10.2 Å². The van der Waals surface area contributed by atoms with E-state index in [9.17, 15) is 13.6 Å². The number of aromatic nitrogens is 2. The first-order valence-corrected chi connectivity index (χ1v) is 14.3. The molecule has 0 spiro atoms. The molecule has 3 aliphatic heterocycles. The molecule has 0 radical (unpaired) electrons. The first-order chi connectivity index (χ1) is 18.9. The zero-order chi connectivity index (χ0) is 27.1. The molecule has 1 atom stereocenters. The van der Waals surface area contributed by atoms with Crippen LogP contribution in [-0.4, -0.2) is 46.8 Å². The molecule has 1 saturated heterocycles. The molecule has 0 saturated carbocycles. The Labute approximate surface area is 229 Å². The number of hydrogen-bond acceptors (Lipinski definition) is 4. The molecule has 39 heavy (non-hydrogen) atoms. The van der Waals surface area contributed by atoms with E-state index in [-0.39, 0.29) is 17.4 Å². The molecule has 0 bridgehead atoms. The molecule has 2 aromatic carbocycles. The Bertz CT molecular complexity index is 1380. The number of hydrogen-bond donors (Lipinski definition) is 1. The summed E-state index contributed by atoms with van der Waals surface area (Å²) < 4.78 is 30.6. The van der Waals surface area contributed by atoms with E-state index in [1.54, 1.807) is 30.2 Å². The average molecular weight is 534 g/mol. The molecular formula is C31H37F2N5O. The summed E-state index contributed by atoms with van der Waals surface area (Å²) in [7, 11) is 1.80. The number of nitrogens with zero attached hydrogens (tertiary/aromatic N) is 4. The Morgan fingerprint density at radius 1 is 1.08 bits per heavy atom. The Kier molecular flexibility index (Phi) is 7.14. The van der Waals surface area contributed by atoms with Gasteiger partial charge in [-0.2, -0.15) is 5.10 Å². The van der Waals surface area contributed by atoms with Crippen LogP contribution in [0, 0.1) is 0 Å². The maximum absolute atomic E-state index is 14.5. The Morgan fingerprint density at radius 3 is 2.67 bits per heavy atom. The van der Waals surface area contributed by atoms with Crippen molar-refractivity contribution in [1.29, 1.82) is 0 Å². The van der Waals surface area contributed by atoms with Crippen LogP contribution in [0.2, 0.25) is 0 Å². The molecule has 1 amide bonds. The third-order valence-electron chi connectivity index (χ3n) is 8.73. The highest BCUT2D eigenvalue weighted by Crippen LogP contribution is 2.44. The minimum Gasteiger partial charge on any atom is -0.343 e. The second-order valence-corrected chi connectivity index (χ2v) is 11.1. The zero-order valence-electron chi connectivity index (χ0n) is 22.9. The predicted molar refractivity (Wildman–Crippen MR) is 150 cm³/mol. The number of fused-ring (bicyclic) bond motifs is 2. The summed E-state index contributed by atoms with van der Waals surface area (Å²) in [5.41, 5.74) is 8.21. The number of nitrogens with one attached hydrogen (secondary N) is 1. The van der Waals surface area contributed by atoms with Crippen LogP contribution in [0.25, 0.3) is 11.1 Å². The molecule has 4 heterocycles. The highest BCUT2D eigenvalue weighted by Gasteiger charge is 2.30. The van der Waals surface area contributed by atoms with Crippen molar-refractivity contribution in [3.8, 4) is 11.1 Å². The van der Waals surface area contributed by atoms with Gasteiger partial charge in [0.2, 0.25) is 5.91 Å². The number of aryl methyl sites for hydroxylation is 3. The Morgan fingerprint density at radius 2 is 1.92 bits per heavy atom. The van der Waals surface area contributed by atoms with Crippen molar-refractivity contribution in [3.63, 3.8) is 0 Å². The van der Waals surface area contributed by atoms with E-state index in [2.05, 4.69) is 27.4 Å². The molecule has 206 valence electrons. The lowest BCUT2D eigenvalue weighted by Crippen LogP contribution is -2.37. The molecule has 3 aliphatic rings. The van der Waals surface area contributed by atoms with Gasteiger partial charge in [0.25, 0.3) is 6.43 Å². The van der Waals surface area contributed by atoms with Crippen molar-refractivity contribution in [2.24, 2.45) is 7.05 Å². The maximum Gasteiger partial charge on any atom is 0.264 e. The first-order valence-electron chi connectivity index (χ1n) is 14.3. The minimum atomic E-state index is -2.59. The number of rotatable bonds is 5. The second-order valence-electron chi connectivity index (χ2n) is 11.1. The summed E-state index contributed by atoms with van der Waals surface area (Å²) in [4.78, 5) is 17.0. The Hall–Kier alpha value is -3.26. The molecule has 3 aromatic rings. The fourth-order valence-corrected chi connectivity index (χ4v) is 6.65. The normalized spacial score (nSPS) is 19.7. The van der Waals surface area contributed by atoms with E-state index in [1.165, 1.54) is 16.7 Å². The fraction of sp³-hybridized carbons (Fsp3) is 0.484. The molecule has 1 fully saturated rings. The number of alkyl halides is 2. The van der Waals surface area contributed by atoms with Crippen molar-refractivity contribution in [2.45, 2.75) is 64.3 Å². The lowest BCUT2D eigenvalue weighted by molar-refractivity contribution is -0.133. The smallest absolute Gasteiger partial charge is 0.264 e. The Balaban J connectivity index is 1.46. The van der Waals surface area contributed by atoms with Crippen LogP contribution in [0.15, 0.2) is 36.7 Å². The van der Waals surface area contributed by atoms with Crippen molar-refractivity contribution >= 4 is 17.3 Å². The quantitative estimate of drug-likeness (QED) is 0.446. The van der Waals surface area contributed by atoms with Gasteiger partial charge in [0.15, 0.2) is 0 Å². The van der Waals surface area contributed by atoms with E-state index in [0.717, 1.165) is 87.3 Å². The van der Waals surface area contributed by atoms with Gasteiger partial charge in [-0.15, -0.1) is 0 Å². The lowest BCUT2D eigenvalue weighted by atomic mass is 9.85. The lowest BCUT2D eigenvalue weighted by Gasteiger charge is -2.36. The first kappa shape index (κ1) is 26.0. The number of amides is 1. The largest absolute Gasteiger partial charge is 0.343 e. The average Bonchev–Trinajstić information content (AvgIpc) is 3.23. The highest BCUT2D eigenvalue weighted by atomic mass is 19.3. The fourth-order valence-electron chi connectivity index (χ4n) is 6.65. The van der Waals surface area contributed by atoms with Crippen LogP contribution in [0.1, 0.15) is 72.8 Å². The van der Waals surface area contributed by atoms with E-state index >= 15 is 0 Å². The molecule has 1 N–H and O–H groups in total. The third-order valence-corrected chi connectivity index (χ3v) is 8.73. The number of anilines is 2. The third kappa shape index (κ3) is 4.95. The van der Waals surface area contributed by atoms with Gasteiger partial charge in [-0.3, -0.25) is 9.48 Å². The maximum atomic E-state index is 14.5. The second kappa shape index (κ2) is 10.7. The van der Waals surface area contributed by atoms with Crippen LogP contribution in [0.4, 0.5) is 20.2 Å². The van der Waals surface area contributed by atoms with Gasteiger partial charge in [-0.1, -0.05) is 6.07 Å². The van der Waals surface area contributed by atoms with Gasteiger partial charge < -0.3 is 15.1 Å². The summed E-state index contributed by atoms with van der Waals surface area (Å²) >= 11 is 0. The molecule has 6 rings (SSSR count). The van der Waals surface area contributed by atoms with Gasteiger partial charge in [-0.25, -0.2) is 8.78 Å². The number of halogens is 2. The minimum absolute atomic E-state index is 0.0477. The molecule has 1 unspecified atom stereocenters. The highest BCUT2D eigenvalue weighted by molar-refractivity contribution is 5.80. The number of likely N-dealkylation sites (tertiary alicyclic amines) is 1. The summed E-state index contributed by atoms with van der Waals surface area (Å²) in [5, 5.41) is 7.79. The van der Waals surface area contributed by atoms with Crippen molar-refractivity contribution in [3.05, 3.63) is 64.5 Å². The van der Waals surface area contributed by atoms with Gasteiger partial charge in [0, 0.05) is 68.3 Å². The van der Waals surface area contributed by atoms with E-state index in [0.29, 0.717) is 12.0 Å². The number of carbonyl (C=O) groups excluding carboxylic acids is 1. The van der Waals surface area contributed by atoms with E-state index < -0.39 is 6.43 Å². The number of piperidine rings is 1. The van der Waals surface area contributed by atoms with Gasteiger partial charge in [0.05, 0.1) is 6.20 Å². The van der Waals surface area contributed by atoms with Gasteiger partial charge in [-0.05, 0) is 97.5 Å². The molecular weight excluding hydrogens is 496 g/mol. The summed E-state index contributed by atoms with van der Waals surface area (Å²) in [6, 6.07) is 8.26. The summed E-state index contributed by atoms with van der Waals surface area (Å²) in [6.07, 6.45) is 6.20. The van der Waals surface area contributed by atoms with Gasteiger partial charge in [0.1, 0.15) is 0 Å². The van der Waals surface area contributed by atoms with Crippen LogP contribution in [0.5, 0.6) is 0 Å². The zero-order valence-corrected chi connectivity index (χ0v) is 22.9. The standard InChI is InChI=1S/C31H37F2N5O/c1-3-37-11-8-20(15-30(37)39)23-12-21-6-4-9-34-18-27(21)29(14-23)38-10-5-7-22-13-25(24-17-35-36(2)19-24)26(31(32)33)16-28(22)38/h12-14,16-17,19-20,31,34H,3-11,15,18H2,1-2H3. The summed E-state index contributed by atoms with van der Waals surface area (Å²) in [6.45, 7) is 6.08. The summed E-state index contributed by atoms with van der Waals surface area (Å²) in [5.74, 6) is 0.411. The van der Waals surface area contributed by atoms with Crippen LogP contribution in [-0.2, 0) is 31.2 Å². The van der Waals surface area contributed by atoms with Crippen LogP contribution >= 0.6 is 0 Å². The number of carbonyl (C=O) groups is 1. The molecule has 0 aliphatic carbocycles. The van der Waals surface area contributed by atoms with Crippen LogP contribution in [0.3, 0.4) is 0 Å². The molecule has 1 aromatic heterocycles. The van der Waals surface area contributed by atoms with E-state index in [1.807, 2.05) is 17.9 Å². The number of benzene rings is 2. The topological polar surface area (TPSA) is 53.4 Å². The van der Waals surface area contributed by atoms with Crippen molar-refractivity contribution < 1.29 is 13.6 Å². The molecule has 8 heteroatoms. The van der Waals surface area contributed by atoms with Crippen molar-refractivity contribution in [1.82, 2.24) is 20.0 Å². The van der Waals surface area contributed by atoms with Crippen molar-refractivity contribution in [2.75, 3.05) is 31.1 Å². The monoisotopic (exact) mass is 533 g/mol. The van der Waals surface area contributed by atoms with E-state index in [4.69, 9.17) is 0 Å². The van der Waals surface area contributed by atoms with Gasteiger partial charge >= 0.3 is 0 Å². The predicted octanol–water partition coefficient (Wildman–Crippen LogP) is 5.87. The molecule has 6 nitrogen and oxygen atoms in total.